The van der Waals surface area contributed by atoms with Crippen molar-refractivity contribution in [1.29, 1.82) is 0 Å². The molecule has 0 radical (unpaired) electrons. The van der Waals surface area contributed by atoms with Crippen LogP contribution in [0.3, 0.4) is 0 Å². The van der Waals surface area contributed by atoms with Gasteiger partial charge in [-0.05, 0) is 12.8 Å². The Labute approximate surface area is 103 Å². The number of carboxylic acid groups (broad SMARTS) is 1. The minimum absolute atomic E-state index is 0.472. The topological polar surface area (TPSA) is 92.4 Å². The largest absolute Gasteiger partial charge is 0.480 e. The Morgan fingerprint density at radius 1 is 1.44 bits per heavy atom. The molecule has 2 N–H and O–H groups in total. The van der Waals surface area contributed by atoms with Crippen molar-refractivity contribution in [3.05, 3.63) is 18.7 Å². The highest BCUT2D eigenvalue weighted by Crippen LogP contribution is 2.33. The summed E-state index contributed by atoms with van der Waals surface area (Å²) in [6.07, 6.45) is 7.93. The molecule has 1 saturated carbocycles. The highest BCUT2D eigenvalue weighted by atomic mass is 16.4. The molecule has 7 heteroatoms. The minimum atomic E-state index is -0.916. The van der Waals surface area contributed by atoms with Crippen LogP contribution in [0.15, 0.2) is 18.7 Å². The zero-order valence-electron chi connectivity index (χ0n) is 9.70. The Kier molecular flexibility index (Phi) is 2.39. The molecule has 0 unspecified atom stereocenters. The van der Waals surface area contributed by atoms with Gasteiger partial charge in [-0.25, -0.2) is 9.78 Å². The normalized spacial score (nSPS) is 18.0. The maximum absolute atomic E-state index is 11.5. The molecule has 1 aliphatic rings. The van der Waals surface area contributed by atoms with Gasteiger partial charge in [0.05, 0.1) is 0 Å². The molecule has 3 rings (SSSR count). The number of carboxylic acids is 1. The van der Waals surface area contributed by atoms with Gasteiger partial charge in [-0.2, -0.15) is 0 Å². The van der Waals surface area contributed by atoms with Gasteiger partial charge in [-0.1, -0.05) is 12.8 Å². The van der Waals surface area contributed by atoms with E-state index in [-0.39, 0.29) is 0 Å². The van der Waals surface area contributed by atoms with Crippen LogP contribution in [0.4, 0.5) is 5.82 Å². The van der Waals surface area contributed by atoms with Gasteiger partial charge >= 0.3 is 5.97 Å². The van der Waals surface area contributed by atoms with E-state index in [1.807, 2.05) is 0 Å². The molecule has 0 atom stereocenters. The van der Waals surface area contributed by atoms with Crippen molar-refractivity contribution < 1.29 is 9.90 Å². The van der Waals surface area contributed by atoms with Gasteiger partial charge < -0.3 is 10.4 Å². The van der Waals surface area contributed by atoms with E-state index in [0.717, 1.165) is 12.8 Å². The van der Waals surface area contributed by atoms with Gasteiger partial charge in [0.1, 0.15) is 11.9 Å². The van der Waals surface area contributed by atoms with E-state index in [9.17, 15) is 9.90 Å². The summed E-state index contributed by atoms with van der Waals surface area (Å²) in [5.74, 6) is -0.359. The number of hydrogen-bond donors (Lipinski definition) is 2. The molecular formula is C11H13N5O2. The average Bonchev–Trinajstić information content (AvgIpc) is 2.98. The fourth-order valence-electron chi connectivity index (χ4n) is 2.44. The Balaban J connectivity index is 2.00. The maximum atomic E-state index is 11.5. The number of hydrogen-bond acceptors (Lipinski definition) is 5. The SMILES string of the molecule is O=C(O)C1(Nc2nccn3cnnc23)CCCC1. The van der Waals surface area contributed by atoms with Gasteiger partial charge in [-0.3, -0.25) is 4.40 Å². The number of aromatic nitrogens is 4. The Hall–Kier alpha value is -2.18. The van der Waals surface area contributed by atoms with Gasteiger partial charge in [0, 0.05) is 12.4 Å². The van der Waals surface area contributed by atoms with E-state index < -0.39 is 11.5 Å². The third-order valence-electron chi connectivity index (χ3n) is 3.44. The van der Waals surface area contributed by atoms with Crippen LogP contribution in [0, 0.1) is 0 Å². The number of nitrogens with zero attached hydrogens (tertiary/aromatic N) is 4. The second-order valence-corrected chi connectivity index (χ2v) is 4.56. The summed E-state index contributed by atoms with van der Waals surface area (Å²) in [4.78, 5) is 15.6. The third kappa shape index (κ3) is 1.59. The molecule has 2 aromatic heterocycles. The Morgan fingerprint density at radius 2 is 2.22 bits per heavy atom. The fourth-order valence-corrected chi connectivity index (χ4v) is 2.44. The van der Waals surface area contributed by atoms with E-state index in [1.54, 1.807) is 23.1 Å². The zero-order valence-corrected chi connectivity index (χ0v) is 9.70. The van der Waals surface area contributed by atoms with Crippen LogP contribution in [0.5, 0.6) is 0 Å². The molecule has 0 aromatic carbocycles. The van der Waals surface area contributed by atoms with Crippen molar-refractivity contribution in [3.8, 4) is 0 Å². The monoisotopic (exact) mass is 247 g/mol. The second kappa shape index (κ2) is 3.94. The highest BCUT2D eigenvalue weighted by molar-refractivity contribution is 5.84. The van der Waals surface area contributed by atoms with E-state index in [0.29, 0.717) is 24.3 Å². The highest BCUT2D eigenvalue weighted by Gasteiger charge is 2.42. The molecule has 18 heavy (non-hydrogen) atoms. The first-order chi connectivity index (χ1) is 8.71. The van der Waals surface area contributed by atoms with Crippen molar-refractivity contribution in [2.75, 3.05) is 5.32 Å². The number of fused-ring (bicyclic) bond motifs is 1. The van der Waals surface area contributed by atoms with Crippen molar-refractivity contribution in [2.45, 2.75) is 31.2 Å². The predicted molar refractivity (Wildman–Crippen MR) is 63.2 cm³/mol. The van der Waals surface area contributed by atoms with Crippen LogP contribution in [0.2, 0.25) is 0 Å². The van der Waals surface area contributed by atoms with Crippen LogP contribution < -0.4 is 5.32 Å². The van der Waals surface area contributed by atoms with E-state index in [4.69, 9.17) is 0 Å². The minimum Gasteiger partial charge on any atom is -0.480 e. The van der Waals surface area contributed by atoms with Gasteiger partial charge in [-0.15, -0.1) is 10.2 Å². The van der Waals surface area contributed by atoms with E-state index in [2.05, 4.69) is 20.5 Å². The molecule has 7 nitrogen and oxygen atoms in total. The predicted octanol–water partition coefficient (Wildman–Crippen LogP) is 0.934. The first-order valence-electron chi connectivity index (χ1n) is 5.87. The number of rotatable bonds is 3. The summed E-state index contributed by atoms with van der Waals surface area (Å²) in [6, 6.07) is 0. The fraction of sp³-hybridized carbons (Fsp3) is 0.455. The molecule has 0 spiro atoms. The van der Waals surface area contributed by atoms with Crippen LogP contribution >= 0.6 is 0 Å². The Bertz CT molecular complexity index is 588. The number of nitrogens with one attached hydrogen (secondary N) is 1. The molecule has 0 amide bonds. The number of aliphatic carboxylic acids is 1. The number of anilines is 1. The molecule has 2 aromatic rings. The lowest BCUT2D eigenvalue weighted by molar-refractivity contribution is -0.142. The van der Waals surface area contributed by atoms with Gasteiger partial charge in [0.2, 0.25) is 5.65 Å². The summed E-state index contributed by atoms with van der Waals surface area (Å²) < 4.78 is 1.71. The van der Waals surface area contributed by atoms with Gasteiger partial charge in [0.25, 0.3) is 0 Å². The summed E-state index contributed by atoms with van der Waals surface area (Å²) >= 11 is 0. The quantitative estimate of drug-likeness (QED) is 0.838. The lowest BCUT2D eigenvalue weighted by Gasteiger charge is -2.25. The molecule has 0 saturated heterocycles. The maximum Gasteiger partial charge on any atom is 0.329 e. The summed E-state index contributed by atoms with van der Waals surface area (Å²) in [7, 11) is 0. The third-order valence-corrected chi connectivity index (χ3v) is 3.44. The summed E-state index contributed by atoms with van der Waals surface area (Å²) in [5.41, 5.74) is -0.370. The van der Waals surface area contributed by atoms with Gasteiger partial charge in [0.15, 0.2) is 5.82 Å². The molecule has 1 aliphatic carbocycles. The van der Waals surface area contributed by atoms with Crippen LogP contribution in [-0.4, -0.2) is 36.2 Å². The summed E-state index contributed by atoms with van der Waals surface area (Å²) in [5, 5.41) is 20.2. The first kappa shape index (κ1) is 10.9. The molecular weight excluding hydrogens is 234 g/mol. The van der Waals surface area contributed by atoms with Crippen molar-refractivity contribution >= 4 is 17.4 Å². The van der Waals surface area contributed by atoms with Crippen LogP contribution in [-0.2, 0) is 4.79 Å². The summed E-state index contributed by atoms with van der Waals surface area (Å²) in [6.45, 7) is 0. The second-order valence-electron chi connectivity index (χ2n) is 4.56. The van der Waals surface area contributed by atoms with E-state index >= 15 is 0 Å². The van der Waals surface area contributed by atoms with E-state index in [1.165, 1.54) is 0 Å². The molecule has 0 aliphatic heterocycles. The standard InChI is InChI=1S/C11H13N5O2/c17-10(18)11(3-1-2-4-11)14-8-9-15-13-7-16(9)6-5-12-8/h5-7H,1-4H2,(H,12,14)(H,17,18). The van der Waals surface area contributed by atoms with Crippen molar-refractivity contribution in [3.63, 3.8) is 0 Å². The Morgan fingerprint density at radius 3 is 2.94 bits per heavy atom. The molecule has 0 bridgehead atoms. The molecule has 94 valence electrons. The average molecular weight is 247 g/mol. The molecule has 2 heterocycles. The van der Waals surface area contributed by atoms with Crippen molar-refractivity contribution in [1.82, 2.24) is 19.6 Å². The number of carbonyl (C=O) groups is 1. The lowest BCUT2D eigenvalue weighted by atomic mass is 9.98. The lowest BCUT2D eigenvalue weighted by Crippen LogP contribution is -2.44. The van der Waals surface area contributed by atoms with Crippen molar-refractivity contribution in [2.24, 2.45) is 0 Å². The molecule has 1 fully saturated rings. The first-order valence-corrected chi connectivity index (χ1v) is 5.87. The zero-order chi connectivity index (χ0) is 12.6. The van der Waals surface area contributed by atoms with Crippen LogP contribution in [0.25, 0.3) is 5.65 Å². The smallest absolute Gasteiger partial charge is 0.329 e. The van der Waals surface area contributed by atoms with Crippen LogP contribution in [0.1, 0.15) is 25.7 Å².